The van der Waals surface area contributed by atoms with Gasteiger partial charge in [0.1, 0.15) is 11.5 Å². The molecule has 2 saturated heterocycles. The molecule has 38 heavy (non-hydrogen) atoms. The van der Waals surface area contributed by atoms with Crippen molar-refractivity contribution in [1.82, 2.24) is 14.7 Å². The molecule has 2 aromatic carbocycles. The second-order valence-electron chi connectivity index (χ2n) is 10.5. The van der Waals surface area contributed by atoms with Crippen molar-refractivity contribution in [3.05, 3.63) is 76.6 Å². The van der Waals surface area contributed by atoms with Crippen LogP contribution in [0.1, 0.15) is 55.4 Å². The predicted molar refractivity (Wildman–Crippen MR) is 160 cm³/mol. The van der Waals surface area contributed by atoms with Crippen molar-refractivity contribution in [2.75, 3.05) is 46.4 Å². The van der Waals surface area contributed by atoms with E-state index < -0.39 is 0 Å². The van der Waals surface area contributed by atoms with Crippen LogP contribution in [0.4, 0.5) is 10.1 Å². The van der Waals surface area contributed by atoms with E-state index in [1.807, 2.05) is 62.4 Å². The van der Waals surface area contributed by atoms with Gasteiger partial charge < -0.3 is 9.80 Å². The van der Waals surface area contributed by atoms with Gasteiger partial charge in [-0.15, -0.1) is 0 Å². The number of nitrogens with zero attached hydrogens (tertiary/aromatic N) is 5. The van der Waals surface area contributed by atoms with Crippen LogP contribution in [-0.4, -0.2) is 79.7 Å². The third kappa shape index (κ3) is 6.48. The van der Waals surface area contributed by atoms with Gasteiger partial charge in [-0.25, -0.2) is 4.39 Å². The summed E-state index contributed by atoms with van der Waals surface area (Å²) in [6, 6.07) is 12.7. The molecule has 6 heteroatoms. The molecule has 4 rings (SSSR count). The first kappa shape index (κ1) is 27.9. The third-order valence-corrected chi connectivity index (χ3v) is 7.60. The number of hydrogen-bond donors (Lipinski definition) is 0. The summed E-state index contributed by atoms with van der Waals surface area (Å²) in [5, 5.41) is 0. The predicted octanol–water partition coefficient (Wildman–Crippen LogP) is 6.41. The molecule has 0 aliphatic carbocycles. The fourth-order valence-corrected chi connectivity index (χ4v) is 5.68. The van der Waals surface area contributed by atoms with Crippen molar-refractivity contribution in [1.29, 1.82) is 0 Å². The number of aryl methyl sites for hydroxylation is 1. The number of likely N-dealkylation sites (N-methyl/N-ethyl adjacent to an activating group) is 1. The first-order chi connectivity index (χ1) is 18.4. The highest BCUT2D eigenvalue weighted by atomic mass is 19.1. The molecule has 0 spiro atoms. The molecule has 5 nitrogen and oxygen atoms in total. The molecule has 202 valence electrons. The zero-order valence-corrected chi connectivity index (χ0v) is 23.5. The third-order valence-electron chi connectivity index (χ3n) is 7.60. The van der Waals surface area contributed by atoms with Crippen LogP contribution >= 0.6 is 0 Å². The van der Waals surface area contributed by atoms with Crippen LogP contribution in [0.3, 0.4) is 0 Å². The van der Waals surface area contributed by atoms with Crippen molar-refractivity contribution in [3.63, 3.8) is 0 Å². The van der Waals surface area contributed by atoms with Gasteiger partial charge >= 0.3 is 0 Å². The number of benzene rings is 2. The maximum atomic E-state index is 16.1. The molecule has 0 saturated carbocycles. The molecule has 2 fully saturated rings. The molecule has 0 amide bonds. The Morgan fingerprint density at radius 1 is 1.24 bits per heavy atom. The standard InChI is InChI=1S/C32H42FN5/c1-6-18-36(5)20-17-35-32(38-22-27-16-11-19-37(27)23-38)28-21-25(3)29(30(33)31(28)34-4)24(2)12-10-15-26-13-8-7-9-14-26/h7-10,12-15,21,27H,4,6,11,16-20,22-23H2,1-3,5H3/b15-10-,24-12+,35-32+. The second-order valence-corrected chi connectivity index (χ2v) is 10.5. The van der Waals surface area contributed by atoms with E-state index in [4.69, 9.17) is 4.99 Å². The monoisotopic (exact) mass is 515 g/mol. The molecule has 1 atom stereocenters. The molecule has 2 aromatic rings. The number of allylic oxidation sites excluding steroid dienone is 3. The maximum Gasteiger partial charge on any atom is 0.157 e. The van der Waals surface area contributed by atoms with Crippen LogP contribution in [0.15, 0.2) is 58.5 Å². The van der Waals surface area contributed by atoms with E-state index in [0.717, 1.165) is 67.4 Å². The Hall–Kier alpha value is -3.09. The Labute approximate surface area is 228 Å². The second kappa shape index (κ2) is 13.1. The number of hydrogen-bond acceptors (Lipinski definition) is 4. The quantitative estimate of drug-likeness (QED) is 0.208. The molecular weight excluding hydrogens is 473 g/mol. The van der Waals surface area contributed by atoms with E-state index in [1.54, 1.807) is 0 Å². The van der Waals surface area contributed by atoms with Crippen LogP contribution in [0.2, 0.25) is 0 Å². The fourth-order valence-electron chi connectivity index (χ4n) is 5.68. The normalized spacial score (nSPS) is 18.7. The average Bonchev–Trinajstić information content (AvgIpc) is 3.50. The molecule has 0 N–H and O–H groups in total. The minimum atomic E-state index is -0.327. The van der Waals surface area contributed by atoms with Gasteiger partial charge in [-0.1, -0.05) is 55.5 Å². The SMILES string of the molecule is C=Nc1c(/C(=N\CCN(C)CCC)N2CC3CCCN3C2)cc(C)c(/C(C)=C/C=C\c2ccccc2)c1F. The summed E-state index contributed by atoms with van der Waals surface area (Å²) in [6.45, 7) is 15.3. The molecule has 0 radical (unpaired) electrons. The summed E-state index contributed by atoms with van der Waals surface area (Å²) in [5.41, 5.74) is 4.45. The lowest BCUT2D eigenvalue weighted by molar-refractivity contribution is 0.302. The number of amidine groups is 1. The fraction of sp³-hybridized carbons (Fsp3) is 0.438. The van der Waals surface area contributed by atoms with Crippen LogP contribution < -0.4 is 0 Å². The lowest BCUT2D eigenvalue weighted by Crippen LogP contribution is -2.33. The van der Waals surface area contributed by atoms with Crippen molar-refractivity contribution < 1.29 is 4.39 Å². The Bertz CT molecular complexity index is 1190. The van der Waals surface area contributed by atoms with E-state index >= 15 is 4.39 Å². The molecule has 2 heterocycles. The Morgan fingerprint density at radius 3 is 2.74 bits per heavy atom. The minimum absolute atomic E-state index is 0.290. The van der Waals surface area contributed by atoms with Crippen molar-refractivity contribution in [2.45, 2.75) is 46.1 Å². The van der Waals surface area contributed by atoms with E-state index in [2.05, 4.69) is 46.4 Å². The molecule has 2 aliphatic rings. The summed E-state index contributed by atoms with van der Waals surface area (Å²) < 4.78 is 16.1. The highest BCUT2D eigenvalue weighted by Crippen LogP contribution is 2.35. The van der Waals surface area contributed by atoms with Crippen molar-refractivity contribution in [2.24, 2.45) is 9.98 Å². The van der Waals surface area contributed by atoms with Gasteiger partial charge in [0.25, 0.3) is 0 Å². The van der Waals surface area contributed by atoms with Crippen LogP contribution in [-0.2, 0) is 0 Å². The summed E-state index contributed by atoms with van der Waals surface area (Å²) in [5.74, 6) is 0.512. The lowest BCUT2D eigenvalue weighted by Gasteiger charge is -2.25. The van der Waals surface area contributed by atoms with E-state index in [9.17, 15) is 0 Å². The smallest absolute Gasteiger partial charge is 0.157 e. The average molecular weight is 516 g/mol. The Balaban J connectivity index is 1.67. The number of fused-ring (bicyclic) bond motifs is 1. The van der Waals surface area contributed by atoms with Gasteiger partial charge in [0.2, 0.25) is 0 Å². The highest BCUT2D eigenvalue weighted by molar-refractivity contribution is 6.04. The van der Waals surface area contributed by atoms with E-state index in [-0.39, 0.29) is 11.5 Å². The number of rotatable bonds is 10. The largest absolute Gasteiger partial charge is 0.342 e. The van der Waals surface area contributed by atoms with Crippen LogP contribution in [0.25, 0.3) is 11.6 Å². The highest BCUT2D eigenvalue weighted by Gasteiger charge is 2.36. The molecule has 0 aromatic heterocycles. The Kier molecular flexibility index (Phi) is 9.64. The van der Waals surface area contributed by atoms with Crippen molar-refractivity contribution >= 4 is 29.9 Å². The molecular formula is C32H42FN5. The summed E-state index contributed by atoms with van der Waals surface area (Å²) in [4.78, 5) is 16.4. The molecule has 1 unspecified atom stereocenters. The first-order valence-electron chi connectivity index (χ1n) is 13.9. The number of aliphatic imine (C=N–C) groups is 2. The van der Waals surface area contributed by atoms with Gasteiger partial charge in [0.05, 0.1) is 13.2 Å². The zero-order chi connectivity index (χ0) is 27.1. The lowest BCUT2D eigenvalue weighted by atomic mass is 9.95. The van der Waals surface area contributed by atoms with Crippen LogP contribution in [0.5, 0.6) is 0 Å². The number of halogens is 1. The van der Waals surface area contributed by atoms with E-state index in [1.165, 1.54) is 12.8 Å². The summed E-state index contributed by atoms with van der Waals surface area (Å²) in [6.07, 6.45) is 9.52. The maximum absolute atomic E-state index is 16.1. The first-order valence-corrected chi connectivity index (χ1v) is 13.9. The van der Waals surface area contributed by atoms with Gasteiger partial charge in [-0.2, -0.15) is 0 Å². The van der Waals surface area contributed by atoms with Gasteiger partial charge in [-0.3, -0.25) is 14.9 Å². The summed E-state index contributed by atoms with van der Waals surface area (Å²) in [7, 11) is 2.13. The van der Waals surface area contributed by atoms with Gasteiger partial charge in [0, 0.05) is 36.8 Å². The van der Waals surface area contributed by atoms with Gasteiger partial charge in [0.15, 0.2) is 5.82 Å². The molecule has 0 bridgehead atoms. The molecule has 2 aliphatic heterocycles. The van der Waals surface area contributed by atoms with E-state index in [0.29, 0.717) is 18.2 Å². The topological polar surface area (TPSA) is 34.4 Å². The minimum Gasteiger partial charge on any atom is -0.342 e. The van der Waals surface area contributed by atoms with Crippen LogP contribution in [0, 0.1) is 12.7 Å². The Morgan fingerprint density at radius 2 is 2.03 bits per heavy atom. The van der Waals surface area contributed by atoms with Gasteiger partial charge in [-0.05, 0) is 76.2 Å². The van der Waals surface area contributed by atoms with Crippen molar-refractivity contribution in [3.8, 4) is 0 Å². The zero-order valence-electron chi connectivity index (χ0n) is 23.5. The summed E-state index contributed by atoms with van der Waals surface area (Å²) >= 11 is 0.